The minimum atomic E-state index is 0. The van der Waals surface area contributed by atoms with Crippen molar-refractivity contribution in [3.63, 3.8) is 0 Å². The zero-order valence-corrected chi connectivity index (χ0v) is 20.9. The second-order valence-corrected chi connectivity index (χ2v) is 7.42. The van der Waals surface area contributed by atoms with E-state index in [2.05, 4.69) is 66.6 Å². The van der Waals surface area contributed by atoms with E-state index in [1.165, 1.54) is 38.6 Å². The van der Waals surface area contributed by atoms with Gasteiger partial charge in [-0.05, 0) is 53.2 Å². The minimum Gasteiger partial charge on any atom is -0.359 e. The second-order valence-electron chi connectivity index (χ2n) is 7.42. The van der Waals surface area contributed by atoms with Gasteiger partial charge in [0.05, 0.1) is 5.69 Å². The molecule has 0 aliphatic heterocycles. The van der Waals surface area contributed by atoms with Crippen molar-refractivity contribution in [2.75, 3.05) is 33.7 Å². The van der Waals surface area contributed by atoms with Crippen molar-refractivity contribution in [3.05, 3.63) is 17.5 Å². The van der Waals surface area contributed by atoms with Crippen LogP contribution in [0.2, 0.25) is 0 Å². The van der Waals surface area contributed by atoms with Crippen LogP contribution in [0.3, 0.4) is 0 Å². The van der Waals surface area contributed by atoms with Gasteiger partial charge in [-0.2, -0.15) is 0 Å². The number of halogens is 1. The first kappa shape index (κ1) is 27.2. The maximum Gasteiger partial charge on any atom is 0.191 e. The average molecular weight is 508 g/mol. The molecule has 7 heteroatoms. The number of rotatable bonds is 14. The topological polar surface area (TPSA) is 65.7 Å². The van der Waals surface area contributed by atoms with Crippen LogP contribution >= 0.6 is 24.0 Å². The number of hydrogen-bond acceptors (Lipinski definition) is 4. The molecule has 1 rings (SSSR count). The third-order valence-corrected chi connectivity index (χ3v) is 4.79. The number of guanidine groups is 1. The lowest BCUT2D eigenvalue weighted by atomic mass is 9.99. The standard InChI is InChI=1S/C21H41N5O.HI/c1-6-18(7-2)20-16-19(27-25-20)17-24-21(22-8-3)23-14-12-10-9-11-13-15-26(4)5;/h16,18H,6-15,17H2,1-5H3,(H2,22,23,24);1H. The lowest BCUT2D eigenvalue weighted by Gasteiger charge is -2.11. The summed E-state index contributed by atoms with van der Waals surface area (Å²) >= 11 is 0. The smallest absolute Gasteiger partial charge is 0.191 e. The molecule has 0 fully saturated rings. The number of aromatic nitrogens is 1. The Hall–Kier alpha value is -0.830. The average Bonchev–Trinajstić information content (AvgIpc) is 3.11. The predicted octanol–water partition coefficient (Wildman–Crippen LogP) is 4.76. The Morgan fingerprint density at radius 1 is 1.07 bits per heavy atom. The Morgan fingerprint density at radius 2 is 1.75 bits per heavy atom. The van der Waals surface area contributed by atoms with Gasteiger partial charge in [-0.1, -0.05) is 38.3 Å². The van der Waals surface area contributed by atoms with Gasteiger partial charge in [0.2, 0.25) is 0 Å². The summed E-state index contributed by atoms with van der Waals surface area (Å²) in [5, 5.41) is 10.9. The van der Waals surface area contributed by atoms with Crippen molar-refractivity contribution < 1.29 is 4.52 Å². The van der Waals surface area contributed by atoms with Crippen molar-refractivity contribution >= 4 is 29.9 Å². The van der Waals surface area contributed by atoms with Gasteiger partial charge in [0.25, 0.3) is 0 Å². The molecule has 6 nitrogen and oxygen atoms in total. The molecular weight excluding hydrogens is 465 g/mol. The first-order valence-electron chi connectivity index (χ1n) is 10.7. The maximum absolute atomic E-state index is 5.46. The zero-order valence-electron chi connectivity index (χ0n) is 18.6. The summed E-state index contributed by atoms with van der Waals surface area (Å²) in [4.78, 5) is 6.88. The number of unbranched alkanes of at least 4 members (excludes halogenated alkanes) is 4. The number of aliphatic imine (C=N–C) groups is 1. The molecule has 0 radical (unpaired) electrons. The number of nitrogens with one attached hydrogen (secondary N) is 2. The molecule has 0 atom stereocenters. The summed E-state index contributed by atoms with van der Waals surface area (Å²) in [6, 6.07) is 2.05. The summed E-state index contributed by atoms with van der Waals surface area (Å²) in [6.45, 7) is 9.98. The van der Waals surface area contributed by atoms with E-state index in [4.69, 9.17) is 4.52 Å². The molecule has 1 aromatic rings. The lowest BCUT2D eigenvalue weighted by molar-refractivity contribution is 0.372. The third-order valence-electron chi connectivity index (χ3n) is 4.79. The Labute approximate surface area is 189 Å². The number of nitrogens with zero attached hydrogens (tertiary/aromatic N) is 3. The molecular formula is C21H42IN5O. The fourth-order valence-corrected chi connectivity index (χ4v) is 3.09. The van der Waals surface area contributed by atoms with Gasteiger partial charge >= 0.3 is 0 Å². The number of hydrogen-bond donors (Lipinski definition) is 2. The molecule has 0 saturated carbocycles. The summed E-state index contributed by atoms with van der Waals surface area (Å²) < 4.78 is 5.46. The second kappa shape index (κ2) is 17.1. The van der Waals surface area contributed by atoms with E-state index < -0.39 is 0 Å². The summed E-state index contributed by atoms with van der Waals surface area (Å²) in [5.41, 5.74) is 1.05. The third kappa shape index (κ3) is 11.9. The molecule has 0 bridgehead atoms. The molecule has 0 saturated heterocycles. The summed E-state index contributed by atoms with van der Waals surface area (Å²) in [6.07, 6.45) is 8.53. The minimum absolute atomic E-state index is 0. The molecule has 0 unspecified atom stereocenters. The van der Waals surface area contributed by atoms with E-state index in [-0.39, 0.29) is 24.0 Å². The Kier molecular flexibility index (Phi) is 16.6. The largest absolute Gasteiger partial charge is 0.359 e. The fourth-order valence-electron chi connectivity index (χ4n) is 3.09. The molecule has 0 spiro atoms. The molecule has 2 N–H and O–H groups in total. The van der Waals surface area contributed by atoms with Gasteiger partial charge in [-0.25, -0.2) is 4.99 Å². The molecule has 0 amide bonds. The molecule has 0 aromatic carbocycles. The normalized spacial score (nSPS) is 11.8. The highest BCUT2D eigenvalue weighted by Crippen LogP contribution is 2.22. The summed E-state index contributed by atoms with van der Waals surface area (Å²) in [7, 11) is 4.27. The van der Waals surface area contributed by atoms with Crippen LogP contribution in [0.15, 0.2) is 15.6 Å². The van der Waals surface area contributed by atoms with Gasteiger partial charge in [-0.15, -0.1) is 24.0 Å². The van der Waals surface area contributed by atoms with Crippen LogP contribution in [0.5, 0.6) is 0 Å². The fraction of sp³-hybridized carbons (Fsp3) is 0.810. The maximum atomic E-state index is 5.46. The molecule has 0 aliphatic carbocycles. The highest BCUT2D eigenvalue weighted by Gasteiger charge is 2.12. The van der Waals surface area contributed by atoms with Crippen LogP contribution in [0.1, 0.15) is 83.1 Å². The predicted molar refractivity (Wildman–Crippen MR) is 130 cm³/mol. The van der Waals surface area contributed by atoms with E-state index in [9.17, 15) is 0 Å². The molecule has 1 heterocycles. The van der Waals surface area contributed by atoms with E-state index >= 15 is 0 Å². The molecule has 28 heavy (non-hydrogen) atoms. The van der Waals surface area contributed by atoms with E-state index in [1.54, 1.807) is 0 Å². The molecule has 164 valence electrons. The first-order chi connectivity index (χ1) is 13.1. The highest BCUT2D eigenvalue weighted by molar-refractivity contribution is 14.0. The summed E-state index contributed by atoms with van der Waals surface area (Å²) in [5.74, 6) is 2.16. The van der Waals surface area contributed by atoms with E-state index in [1.807, 2.05) is 0 Å². The highest BCUT2D eigenvalue weighted by atomic mass is 127. The quantitative estimate of drug-likeness (QED) is 0.165. The Balaban J connectivity index is 0.00000729. The Morgan fingerprint density at radius 3 is 2.39 bits per heavy atom. The van der Waals surface area contributed by atoms with E-state index in [0.29, 0.717) is 12.5 Å². The van der Waals surface area contributed by atoms with Crippen molar-refractivity contribution in [1.82, 2.24) is 20.7 Å². The van der Waals surface area contributed by atoms with Crippen LogP contribution in [0, 0.1) is 0 Å². The van der Waals surface area contributed by atoms with E-state index in [0.717, 1.165) is 43.3 Å². The van der Waals surface area contributed by atoms with Gasteiger partial charge in [0.1, 0.15) is 6.54 Å². The van der Waals surface area contributed by atoms with Crippen LogP contribution in [-0.4, -0.2) is 49.7 Å². The van der Waals surface area contributed by atoms with Gasteiger partial charge < -0.3 is 20.1 Å². The van der Waals surface area contributed by atoms with Gasteiger partial charge in [0.15, 0.2) is 11.7 Å². The lowest BCUT2D eigenvalue weighted by Crippen LogP contribution is -2.37. The zero-order chi connectivity index (χ0) is 19.9. The van der Waals surface area contributed by atoms with Crippen molar-refractivity contribution in [3.8, 4) is 0 Å². The molecule has 0 aliphatic rings. The van der Waals surface area contributed by atoms with Crippen LogP contribution in [0.25, 0.3) is 0 Å². The SMILES string of the molecule is CCNC(=NCc1cc(C(CC)CC)no1)NCCCCCCCN(C)C.I. The van der Waals surface area contributed by atoms with Crippen LogP contribution in [-0.2, 0) is 6.54 Å². The van der Waals surface area contributed by atoms with Crippen molar-refractivity contribution in [2.24, 2.45) is 4.99 Å². The van der Waals surface area contributed by atoms with Gasteiger partial charge in [-0.3, -0.25) is 0 Å². The van der Waals surface area contributed by atoms with Crippen LogP contribution in [0.4, 0.5) is 0 Å². The van der Waals surface area contributed by atoms with Crippen LogP contribution < -0.4 is 10.6 Å². The first-order valence-corrected chi connectivity index (χ1v) is 10.7. The van der Waals surface area contributed by atoms with Crippen molar-refractivity contribution in [1.29, 1.82) is 0 Å². The molecule has 1 aromatic heterocycles. The van der Waals surface area contributed by atoms with Crippen molar-refractivity contribution in [2.45, 2.75) is 78.2 Å². The van der Waals surface area contributed by atoms with Gasteiger partial charge in [0, 0.05) is 25.1 Å². The Bertz CT molecular complexity index is 515. The monoisotopic (exact) mass is 507 g/mol.